The molecule has 0 unspecified atom stereocenters. The summed E-state index contributed by atoms with van der Waals surface area (Å²) in [4.78, 5) is 18.0. The van der Waals surface area contributed by atoms with Gasteiger partial charge in [-0.1, -0.05) is 18.2 Å². The Morgan fingerprint density at radius 2 is 2.17 bits per heavy atom. The average molecular weight is 332 g/mol. The molecule has 3 heterocycles. The predicted octanol–water partition coefficient (Wildman–Crippen LogP) is 1.80. The number of para-hydroxylation sites is 1. The van der Waals surface area contributed by atoms with Gasteiger partial charge in [-0.05, 0) is 18.9 Å². The third kappa shape index (κ3) is 2.45. The molecule has 0 saturated carbocycles. The lowest BCUT2D eigenvalue weighted by atomic mass is 10.0. The van der Waals surface area contributed by atoms with Gasteiger partial charge in [0.05, 0.1) is 17.4 Å². The lowest BCUT2D eigenvalue weighted by Gasteiger charge is -2.29. The highest BCUT2D eigenvalue weighted by molar-refractivity contribution is 7.91. The van der Waals surface area contributed by atoms with E-state index in [2.05, 4.69) is 24.0 Å². The van der Waals surface area contributed by atoms with Gasteiger partial charge in [0.1, 0.15) is 0 Å². The van der Waals surface area contributed by atoms with Crippen LogP contribution in [0.2, 0.25) is 0 Å². The van der Waals surface area contributed by atoms with Gasteiger partial charge < -0.3 is 9.88 Å². The number of aromatic nitrogens is 1. The van der Waals surface area contributed by atoms with Crippen molar-refractivity contribution in [1.82, 2.24) is 9.88 Å². The fraction of sp³-hybridized carbons (Fsp3) is 0.471. The van der Waals surface area contributed by atoms with Crippen molar-refractivity contribution in [3.05, 3.63) is 35.0 Å². The van der Waals surface area contributed by atoms with Gasteiger partial charge in [0, 0.05) is 41.7 Å². The molecular weight excluding hydrogens is 312 g/mol. The highest BCUT2D eigenvalue weighted by atomic mass is 32.2. The Labute approximate surface area is 135 Å². The van der Waals surface area contributed by atoms with Crippen LogP contribution in [0.4, 0.5) is 0 Å². The number of fused-ring (bicyclic) bond motifs is 3. The number of benzene rings is 1. The van der Waals surface area contributed by atoms with E-state index >= 15 is 0 Å². The van der Waals surface area contributed by atoms with E-state index in [1.54, 1.807) is 0 Å². The number of hydrogen-bond donors (Lipinski definition) is 1. The van der Waals surface area contributed by atoms with Crippen molar-refractivity contribution in [2.45, 2.75) is 26.3 Å². The number of hydrogen-bond acceptors (Lipinski definition) is 3. The second-order valence-electron chi connectivity index (χ2n) is 6.69. The van der Waals surface area contributed by atoms with Crippen molar-refractivity contribution in [1.29, 1.82) is 0 Å². The highest BCUT2D eigenvalue weighted by Gasteiger charge is 2.36. The number of carbonyl (C=O) groups is 1. The first-order valence-corrected chi connectivity index (χ1v) is 9.85. The molecule has 6 heteroatoms. The first kappa shape index (κ1) is 14.8. The molecule has 1 N–H and O–H groups in total. The molecule has 2 aliphatic rings. The first-order valence-electron chi connectivity index (χ1n) is 8.03. The fourth-order valence-corrected chi connectivity index (χ4v) is 5.55. The molecule has 0 aliphatic carbocycles. The van der Waals surface area contributed by atoms with Gasteiger partial charge in [0.25, 0.3) is 0 Å². The van der Waals surface area contributed by atoms with Crippen LogP contribution in [0.15, 0.2) is 18.2 Å². The van der Waals surface area contributed by atoms with E-state index in [1.807, 2.05) is 11.0 Å². The van der Waals surface area contributed by atoms with Crippen LogP contribution in [-0.4, -0.2) is 42.3 Å². The molecular formula is C17H20N2O3S. The normalized spacial score (nSPS) is 23.2. The minimum Gasteiger partial charge on any atom is -0.358 e. The first-order chi connectivity index (χ1) is 10.9. The van der Waals surface area contributed by atoms with Crippen LogP contribution in [0.3, 0.4) is 0 Å². The molecule has 1 aromatic heterocycles. The molecule has 2 aromatic rings. The minimum absolute atomic E-state index is 0.00118. The summed E-state index contributed by atoms with van der Waals surface area (Å²) in [6.07, 6.45) is 1.27. The van der Waals surface area contributed by atoms with Gasteiger partial charge in [-0.25, -0.2) is 8.42 Å². The Kier molecular flexibility index (Phi) is 3.27. The lowest BCUT2D eigenvalue weighted by molar-refractivity contribution is -0.135. The number of amides is 1. The van der Waals surface area contributed by atoms with E-state index in [1.165, 1.54) is 22.2 Å². The monoisotopic (exact) mass is 332 g/mol. The second kappa shape index (κ2) is 5.09. The Balaban J connectivity index is 1.63. The Bertz CT molecular complexity index is 898. The van der Waals surface area contributed by atoms with Gasteiger partial charge in [-0.3, -0.25) is 4.79 Å². The summed E-state index contributed by atoms with van der Waals surface area (Å²) in [5.74, 6) is -0.191. The number of carbonyl (C=O) groups excluding carboxylic acids is 1. The van der Waals surface area contributed by atoms with Crippen molar-refractivity contribution in [2.24, 2.45) is 5.92 Å². The predicted molar refractivity (Wildman–Crippen MR) is 88.9 cm³/mol. The average Bonchev–Trinajstić information content (AvgIpc) is 3.07. The zero-order valence-corrected chi connectivity index (χ0v) is 13.9. The summed E-state index contributed by atoms with van der Waals surface area (Å²) in [6.45, 7) is 3.32. The largest absolute Gasteiger partial charge is 0.358 e. The molecule has 1 atom stereocenters. The van der Waals surface area contributed by atoms with Gasteiger partial charge in [-0.15, -0.1) is 0 Å². The van der Waals surface area contributed by atoms with Crippen LogP contribution in [0.1, 0.15) is 23.2 Å². The smallest absolute Gasteiger partial charge is 0.227 e. The van der Waals surface area contributed by atoms with Crippen LogP contribution in [0, 0.1) is 12.8 Å². The number of nitrogens with one attached hydrogen (secondary N) is 1. The highest BCUT2D eigenvalue weighted by Crippen LogP contribution is 2.31. The molecule has 1 saturated heterocycles. The summed E-state index contributed by atoms with van der Waals surface area (Å²) in [5.41, 5.74) is 4.74. The second-order valence-corrected chi connectivity index (χ2v) is 8.92. The molecule has 23 heavy (non-hydrogen) atoms. The summed E-state index contributed by atoms with van der Waals surface area (Å²) < 4.78 is 23.2. The molecule has 122 valence electrons. The van der Waals surface area contributed by atoms with Crippen LogP contribution < -0.4 is 0 Å². The molecule has 2 aliphatic heterocycles. The van der Waals surface area contributed by atoms with Crippen molar-refractivity contribution >= 4 is 26.6 Å². The van der Waals surface area contributed by atoms with E-state index in [4.69, 9.17) is 0 Å². The van der Waals surface area contributed by atoms with Crippen LogP contribution in [-0.2, 0) is 27.6 Å². The van der Waals surface area contributed by atoms with Crippen LogP contribution >= 0.6 is 0 Å². The number of rotatable bonds is 1. The maximum Gasteiger partial charge on any atom is 0.227 e. The molecule has 1 fully saturated rings. The van der Waals surface area contributed by atoms with Gasteiger partial charge in [0.2, 0.25) is 5.91 Å². The number of H-pyrrole nitrogens is 1. The Hall–Kier alpha value is -1.82. The fourth-order valence-electron chi connectivity index (χ4n) is 3.82. The third-order valence-electron chi connectivity index (χ3n) is 5.11. The van der Waals surface area contributed by atoms with E-state index < -0.39 is 9.84 Å². The molecule has 0 bridgehead atoms. The molecule has 1 aromatic carbocycles. The molecule has 5 nitrogen and oxygen atoms in total. The van der Waals surface area contributed by atoms with Crippen molar-refractivity contribution < 1.29 is 13.2 Å². The van der Waals surface area contributed by atoms with Gasteiger partial charge in [0.15, 0.2) is 9.84 Å². The van der Waals surface area contributed by atoms with E-state index in [9.17, 15) is 13.2 Å². The molecule has 0 radical (unpaired) electrons. The molecule has 0 spiro atoms. The summed E-state index contributed by atoms with van der Waals surface area (Å²) in [7, 11) is -3.02. The zero-order valence-electron chi connectivity index (χ0n) is 13.1. The Morgan fingerprint density at radius 1 is 1.35 bits per heavy atom. The summed E-state index contributed by atoms with van der Waals surface area (Å²) in [6, 6.07) is 6.21. The third-order valence-corrected chi connectivity index (χ3v) is 6.88. The maximum atomic E-state index is 12.7. The quantitative estimate of drug-likeness (QED) is 0.865. The standard InChI is InChI=1S/C17H20N2O3S/c1-11-3-2-4-13-14-9-19(7-5-15(14)18-16(11)13)17(20)12-6-8-23(21,22)10-12/h2-4,12,18H,5-10H2,1H3/t12-/m0/s1. The number of aromatic amines is 1. The van der Waals surface area contributed by atoms with E-state index in [-0.39, 0.29) is 23.3 Å². The summed E-state index contributed by atoms with van der Waals surface area (Å²) in [5, 5.41) is 1.18. The zero-order chi connectivity index (χ0) is 16.2. The van der Waals surface area contributed by atoms with E-state index in [0.717, 1.165) is 11.9 Å². The summed E-state index contributed by atoms with van der Waals surface area (Å²) >= 11 is 0. The maximum absolute atomic E-state index is 12.7. The van der Waals surface area contributed by atoms with Crippen LogP contribution in [0.5, 0.6) is 0 Å². The van der Waals surface area contributed by atoms with Crippen molar-refractivity contribution in [3.8, 4) is 0 Å². The van der Waals surface area contributed by atoms with Crippen LogP contribution in [0.25, 0.3) is 10.9 Å². The topological polar surface area (TPSA) is 70.2 Å². The Morgan fingerprint density at radius 3 is 2.91 bits per heavy atom. The van der Waals surface area contributed by atoms with E-state index in [0.29, 0.717) is 19.5 Å². The number of sulfone groups is 1. The van der Waals surface area contributed by atoms with Gasteiger partial charge >= 0.3 is 0 Å². The lowest BCUT2D eigenvalue weighted by Crippen LogP contribution is -2.40. The number of nitrogens with zero attached hydrogens (tertiary/aromatic N) is 1. The molecule has 4 rings (SSSR count). The number of aryl methyl sites for hydroxylation is 1. The minimum atomic E-state index is -3.02. The molecule has 1 amide bonds. The SMILES string of the molecule is Cc1cccc2c3c([nH]c12)CCN(C(=O)[C@H]1CCS(=O)(=O)C1)C3. The van der Waals surface area contributed by atoms with Crippen molar-refractivity contribution in [2.75, 3.05) is 18.1 Å². The van der Waals surface area contributed by atoms with Gasteiger partial charge in [-0.2, -0.15) is 0 Å². The van der Waals surface area contributed by atoms with Crippen molar-refractivity contribution in [3.63, 3.8) is 0 Å².